The van der Waals surface area contributed by atoms with Crippen LogP contribution in [0.3, 0.4) is 0 Å². The van der Waals surface area contributed by atoms with Crippen molar-refractivity contribution in [2.75, 3.05) is 7.11 Å². The number of aromatic nitrogens is 2. The fraction of sp³-hybridized carbons (Fsp3) is 0.786. The summed E-state index contributed by atoms with van der Waals surface area (Å²) in [5, 5.41) is 0. The van der Waals surface area contributed by atoms with Crippen LogP contribution in [-0.2, 0) is 4.74 Å². The zero-order valence-electron chi connectivity index (χ0n) is 19.9. The quantitative estimate of drug-likeness (QED) is 0.564. The molecule has 5 fully saturated rings. The van der Waals surface area contributed by atoms with Gasteiger partial charge in [-0.2, -0.15) is 0 Å². The van der Waals surface area contributed by atoms with E-state index in [0.717, 1.165) is 35.2 Å². The number of allylic oxidation sites excluding steroid dienone is 1. The van der Waals surface area contributed by atoms with Crippen LogP contribution in [0.1, 0.15) is 77.7 Å². The monoisotopic (exact) mass is 420 g/mol. The highest BCUT2D eigenvalue weighted by Crippen LogP contribution is 2.82. The van der Waals surface area contributed by atoms with Gasteiger partial charge in [0.15, 0.2) is 0 Å². The Labute approximate surface area is 188 Å². The average Bonchev–Trinajstić information content (AvgIpc) is 3.29. The average molecular weight is 421 g/mol. The summed E-state index contributed by atoms with van der Waals surface area (Å²) in [5.41, 5.74) is 2.69. The Morgan fingerprint density at radius 1 is 1.06 bits per heavy atom. The third-order valence-electron chi connectivity index (χ3n) is 11.7. The van der Waals surface area contributed by atoms with Gasteiger partial charge in [0, 0.05) is 30.5 Å². The Kier molecular flexibility index (Phi) is 4.53. The van der Waals surface area contributed by atoms with E-state index in [1.165, 1.54) is 51.4 Å². The van der Waals surface area contributed by atoms with Gasteiger partial charge in [0.1, 0.15) is 6.33 Å². The summed E-state index contributed by atoms with van der Waals surface area (Å²) in [6, 6.07) is 0. The normalized spacial score (nSPS) is 51.1. The molecule has 3 nitrogen and oxygen atoms in total. The molecule has 0 bridgehead atoms. The van der Waals surface area contributed by atoms with Gasteiger partial charge < -0.3 is 4.74 Å². The molecule has 1 unspecified atom stereocenters. The van der Waals surface area contributed by atoms with Gasteiger partial charge >= 0.3 is 0 Å². The maximum atomic E-state index is 6.28. The minimum absolute atomic E-state index is 0.485. The van der Waals surface area contributed by atoms with Crippen molar-refractivity contribution in [3.8, 4) is 0 Å². The van der Waals surface area contributed by atoms with Crippen molar-refractivity contribution in [3.63, 3.8) is 0 Å². The molecular formula is C28H40N2O. The van der Waals surface area contributed by atoms with Gasteiger partial charge in [-0.25, -0.2) is 9.97 Å². The molecule has 0 saturated heterocycles. The third-order valence-corrected chi connectivity index (χ3v) is 11.7. The van der Waals surface area contributed by atoms with Crippen LogP contribution in [0.15, 0.2) is 24.8 Å². The Morgan fingerprint density at radius 3 is 2.61 bits per heavy atom. The van der Waals surface area contributed by atoms with Crippen LogP contribution in [-0.4, -0.2) is 23.2 Å². The smallest absolute Gasteiger partial charge is 0.115 e. The van der Waals surface area contributed by atoms with E-state index in [1.807, 2.05) is 19.5 Å². The van der Waals surface area contributed by atoms with Gasteiger partial charge in [0.2, 0.25) is 0 Å². The predicted octanol–water partition coefficient (Wildman–Crippen LogP) is 6.41. The van der Waals surface area contributed by atoms with Crippen LogP contribution >= 0.6 is 0 Å². The molecule has 1 aromatic heterocycles. The molecule has 168 valence electrons. The Morgan fingerprint density at radius 2 is 1.87 bits per heavy atom. The van der Waals surface area contributed by atoms with Gasteiger partial charge in [0.05, 0.1) is 6.10 Å². The maximum Gasteiger partial charge on any atom is 0.115 e. The second-order valence-electron chi connectivity index (χ2n) is 12.4. The molecule has 10 atom stereocenters. The molecule has 0 N–H and O–H groups in total. The van der Waals surface area contributed by atoms with Gasteiger partial charge in [0.25, 0.3) is 0 Å². The summed E-state index contributed by atoms with van der Waals surface area (Å²) in [7, 11) is 2.01. The minimum Gasteiger partial charge on any atom is -0.381 e. The SMILES string of the molecule is CO[C@@H]1C[C@H]2[C@@H]3CC[C@H]([C@H](C)/C=C/c4cncnc4)[C@@]3(C)CC[C@@H]2[C@@]2(C)CC[C@@H]3CC312. The van der Waals surface area contributed by atoms with E-state index < -0.39 is 0 Å². The van der Waals surface area contributed by atoms with Crippen molar-refractivity contribution in [2.45, 2.75) is 78.2 Å². The van der Waals surface area contributed by atoms with E-state index in [1.54, 1.807) is 6.33 Å². The lowest BCUT2D eigenvalue weighted by atomic mass is 9.45. The molecule has 0 amide bonds. The summed E-state index contributed by atoms with van der Waals surface area (Å²) in [4.78, 5) is 8.33. The van der Waals surface area contributed by atoms with Crippen LogP contribution in [0, 0.1) is 51.8 Å². The fourth-order valence-electron chi connectivity index (χ4n) is 10.3. The number of fused-ring (bicyclic) bond motifs is 4. The van der Waals surface area contributed by atoms with E-state index in [9.17, 15) is 0 Å². The zero-order valence-corrected chi connectivity index (χ0v) is 19.9. The molecule has 1 spiro atoms. The summed E-state index contributed by atoms with van der Waals surface area (Å²) in [5.74, 6) is 5.07. The molecule has 0 radical (unpaired) electrons. The van der Waals surface area contributed by atoms with E-state index in [-0.39, 0.29) is 0 Å². The van der Waals surface area contributed by atoms with Gasteiger partial charge in [-0.3, -0.25) is 0 Å². The van der Waals surface area contributed by atoms with Crippen molar-refractivity contribution >= 4 is 6.08 Å². The van der Waals surface area contributed by atoms with Crippen molar-refractivity contribution in [2.24, 2.45) is 51.8 Å². The standard InChI is InChI=1S/C28H40N2O/c1-18(5-6-19-15-29-17-30-16-19)22-7-8-23-21-13-25(31-4)28-14-20(28)9-12-27(28,3)24(21)10-11-26(22,23)2/h5-6,15-18,20-25H,7-14H2,1-4H3/b6-5+/t18-,20-,21+,22-,23+,24+,25-,26-,27-,28?/m1/s1. The Balaban J connectivity index is 1.26. The lowest BCUT2D eigenvalue weighted by molar-refractivity contribution is -0.160. The van der Waals surface area contributed by atoms with Crippen molar-refractivity contribution in [1.29, 1.82) is 0 Å². The van der Waals surface area contributed by atoms with Gasteiger partial charge in [-0.1, -0.05) is 32.9 Å². The number of methoxy groups -OCH3 is 1. The van der Waals surface area contributed by atoms with Crippen LogP contribution in [0.4, 0.5) is 0 Å². The second kappa shape index (κ2) is 6.89. The minimum atomic E-state index is 0.485. The molecule has 0 aliphatic heterocycles. The molecule has 0 aromatic carbocycles. The van der Waals surface area contributed by atoms with Crippen molar-refractivity contribution in [3.05, 3.63) is 30.4 Å². The van der Waals surface area contributed by atoms with Crippen molar-refractivity contribution < 1.29 is 4.74 Å². The Hall–Kier alpha value is -1.22. The van der Waals surface area contributed by atoms with Crippen LogP contribution in [0.25, 0.3) is 6.08 Å². The maximum absolute atomic E-state index is 6.28. The van der Waals surface area contributed by atoms with Crippen molar-refractivity contribution in [1.82, 2.24) is 9.97 Å². The van der Waals surface area contributed by atoms with E-state index in [2.05, 4.69) is 42.9 Å². The first kappa shape index (κ1) is 20.4. The number of hydrogen-bond acceptors (Lipinski definition) is 3. The van der Waals surface area contributed by atoms with Gasteiger partial charge in [-0.05, 0) is 97.7 Å². The first-order valence-corrected chi connectivity index (χ1v) is 12.9. The van der Waals surface area contributed by atoms with Gasteiger partial charge in [-0.15, -0.1) is 0 Å². The summed E-state index contributed by atoms with van der Waals surface area (Å²) >= 11 is 0. The van der Waals surface area contributed by atoms with E-state index in [0.29, 0.717) is 28.3 Å². The first-order valence-electron chi connectivity index (χ1n) is 12.9. The lowest BCUT2D eigenvalue weighted by Gasteiger charge is -2.61. The molecule has 5 aliphatic rings. The Bertz CT molecular complexity index is 869. The first-order chi connectivity index (χ1) is 14.9. The summed E-state index contributed by atoms with van der Waals surface area (Å²) in [6.45, 7) is 7.79. The molecule has 31 heavy (non-hydrogen) atoms. The largest absolute Gasteiger partial charge is 0.381 e. The fourth-order valence-corrected chi connectivity index (χ4v) is 10.3. The number of ether oxygens (including phenoxy) is 1. The molecule has 1 heterocycles. The van der Waals surface area contributed by atoms with E-state index in [4.69, 9.17) is 4.74 Å². The topological polar surface area (TPSA) is 35.0 Å². The molecule has 6 rings (SSSR count). The van der Waals surface area contributed by atoms with Crippen LogP contribution in [0.2, 0.25) is 0 Å². The highest BCUT2D eigenvalue weighted by atomic mass is 16.5. The molecule has 5 aliphatic carbocycles. The lowest BCUT2D eigenvalue weighted by Crippen LogP contribution is -2.57. The predicted molar refractivity (Wildman–Crippen MR) is 124 cm³/mol. The number of rotatable bonds is 4. The van der Waals surface area contributed by atoms with E-state index >= 15 is 0 Å². The highest BCUT2D eigenvalue weighted by Gasteiger charge is 2.77. The van der Waals surface area contributed by atoms with Crippen LogP contribution in [0.5, 0.6) is 0 Å². The van der Waals surface area contributed by atoms with Crippen LogP contribution < -0.4 is 0 Å². The highest BCUT2D eigenvalue weighted by molar-refractivity contribution is 5.46. The molecular weight excluding hydrogens is 380 g/mol. The number of hydrogen-bond donors (Lipinski definition) is 0. The zero-order chi connectivity index (χ0) is 21.4. The summed E-state index contributed by atoms with van der Waals surface area (Å²) < 4.78 is 6.28. The molecule has 5 saturated carbocycles. The summed E-state index contributed by atoms with van der Waals surface area (Å²) in [6.07, 6.45) is 22.1. The second-order valence-corrected chi connectivity index (χ2v) is 12.4. The number of nitrogens with zero attached hydrogens (tertiary/aromatic N) is 2. The molecule has 3 heteroatoms. The molecule has 1 aromatic rings. The third kappa shape index (κ3) is 2.62.